The summed E-state index contributed by atoms with van der Waals surface area (Å²) in [5.74, 6) is -0.0950. The minimum atomic E-state index is -0.472. The Balaban J connectivity index is 0. The highest BCUT2D eigenvalue weighted by atomic mass is 16.2. The molecule has 0 aromatic heterocycles. The number of rotatable bonds is 12. The second kappa shape index (κ2) is 15.2. The van der Waals surface area contributed by atoms with Crippen LogP contribution in [0.1, 0.15) is 38.5 Å². The molecule has 0 spiro atoms. The van der Waals surface area contributed by atoms with Crippen LogP contribution >= 0.6 is 0 Å². The molecule has 0 bridgehead atoms. The number of carbonyl (C=O) groups is 2. The molecule has 126 valence electrons. The molecule has 0 aromatic rings. The number of hydrogen-bond acceptors (Lipinski definition) is 6. The van der Waals surface area contributed by atoms with E-state index in [4.69, 9.17) is 17.2 Å². The first-order valence-electron chi connectivity index (χ1n) is 7.32. The highest BCUT2D eigenvalue weighted by molar-refractivity contribution is 5.81. The second-order valence-corrected chi connectivity index (χ2v) is 4.78. The number of hydrogen-bond donors (Lipinski definition) is 6. The molecule has 8 heteroatoms. The molecule has 0 aliphatic carbocycles. The summed E-state index contributed by atoms with van der Waals surface area (Å²) in [6, 6.07) is -0.472. The summed E-state index contributed by atoms with van der Waals surface area (Å²) in [6.45, 7) is 2.13. The predicted octanol–water partition coefficient (Wildman–Crippen LogP) is -1.03. The van der Waals surface area contributed by atoms with Crippen LogP contribution in [0.25, 0.3) is 0 Å². The molecule has 8 nitrogen and oxygen atoms in total. The van der Waals surface area contributed by atoms with Crippen LogP contribution in [0.4, 0.5) is 0 Å². The van der Waals surface area contributed by atoms with Crippen LogP contribution in [0.3, 0.4) is 0 Å². The van der Waals surface area contributed by atoms with Crippen LogP contribution in [-0.2, 0) is 9.59 Å². The molecular formula is C13H32N6O2. The summed E-state index contributed by atoms with van der Waals surface area (Å²) >= 11 is 0. The van der Waals surface area contributed by atoms with Gasteiger partial charge in [-0.15, -0.1) is 0 Å². The van der Waals surface area contributed by atoms with E-state index in [0.717, 1.165) is 25.7 Å². The Labute approximate surface area is 127 Å². The largest absolute Gasteiger partial charge is 0.355 e. The lowest BCUT2D eigenvalue weighted by atomic mass is 10.1. The molecule has 0 aliphatic rings. The molecule has 0 fully saturated rings. The van der Waals surface area contributed by atoms with Gasteiger partial charge in [0.05, 0.1) is 6.04 Å². The Bertz CT molecular complexity index is 275. The van der Waals surface area contributed by atoms with E-state index in [1.807, 2.05) is 0 Å². The van der Waals surface area contributed by atoms with Gasteiger partial charge in [0.2, 0.25) is 11.8 Å². The number of nitrogens with one attached hydrogen (secondary N) is 2. The molecule has 1 atom stereocenters. The lowest BCUT2D eigenvalue weighted by Crippen LogP contribution is -2.41. The summed E-state index contributed by atoms with van der Waals surface area (Å²) in [6.07, 6.45) is 4.43. The Hall–Kier alpha value is -1.22. The first-order chi connectivity index (χ1) is 9.61. The van der Waals surface area contributed by atoms with Crippen molar-refractivity contribution in [3.05, 3.63) is 0 Å². The standard InChI is InChI=1S/C13H29N5O2.H3N/c14-7-4-5-11(16)13(20)18-9-3-1-2-6-12(19)17-10-8-15;/h11H,1-10,14-16H2,(H,17,19)(H,18,20);1H3. The first kappa shape index (κ1) is 22.1. The van der Waals surface area contributed by atoms with E-state index < -0.39 is 6.04 Å². The van der Waals surface area contributed by atoms with Crippen LogP contribution in [0.5, 0.6) is 0 Å². The maximum absolute atomic E-state index is 11.6. The fourth-order valence-electron chi connectivity index (χ4n) is 1.70. The number of unbranched alkanes of at least 4 members (excludes halogenated alkanes) is 2. The van der Waals surface area contributed by atoms with Gasteiger partial charge in [-0.05, 0) is 32.2 Å². The zero-order valence-electron chi connectivity index (χ0n) is 12.9. The van der Waals surface area contributed by atoms with Crippen molar-refractivity contribution in [2.24, 2.45) is 17.2 Å². The summed E-state index contributed by atoms with van der Waals surface area (Å²) in [5.41, 5.74) is 16.3. The van der Waals surface area contributed by atoms with Crippen LogP contribution in [0, 0.1) is 0 Å². The van der Waals surface area contributed by atoms with Crippen molar-refractivity contribution >= 4 is 11.8 Å². The van der Waals surface area contributed by atoms with E-state index >= 15 is 0 Å². The molecule has 0 rings (SSSR count). The van der Waals surface area contributed by atoms with Gasteiger partial charge in [0, 0.05) is 26.1 Å². The Morgan fingerprint density at radius 3 is 2.24 bits per heavy atom. The van der Waals surface area contributed by atoms with Crippen molar-refractivity contribution < 1.29 is 9.59 Å². The Kier molecular flexibility index (Phi) is 15.9. The second-order valence-electron chi connectivity index (χ2n) is 4.78. The van der Waals surface area contributed by atoms with Crippen LogP contribution in [-0.4, -0.2) is 44.0 Å². The number of carbonyl (C=O) groups excluding carboxylic acids is 2. The average Bonchev–Trinajstić information content (AvgIpc) is 2.45. The van der Waals surface area contributed by atoms with E-state index in [1.54, 1.807) is 0 Å². The van der Waals surface area contributed by atoms with Gasteiger partial charge in [-0.1, -0.05) is 6.42 Å². The predicted molar refractivity (Wildman–Crippen MR) is 84.8 cm³/mol. The molecular weight excluding hydrogens is 272 g/mol. The first-order valence-corrected chi connectivity index (χ1v) is 7.32. The van der Waals surface area contributed by atoms with E-state index in [0.29, 0.717) is 39.0 Å². The van der Waals surface area contributed by atoms with Gasteiger partial charge in [0.1, 0.15) is 0 Å². The quantitative estimate of drug-likeness (QED) is 0.251. The van der Waals surface area contributed by atoms with Crippen LogP contribution in [0.2, 0.25) is 0 Å². The number of amides is 2. The van der Waals surface area contributed by atoms with Gasteiger partial charge < -0.3 is 34.0 Å². The summed E-state index contributed by atoms with van der Waals surface area (Å²) < 4.78 is 0. The van der Waals surface area contributed by atoms with Crippen molar-refractivity contribution in [1.82, 2.24) is 16.8 Å². The molecule has 0 aliphatic heterocycles. The zero-order chi connectivity index (χ0) is 15.2. The van der Waals surface area contributed by atoms with Crippen molar-refractivity contribution in [3.8, 4) is 0 Å². The van der Waals surface area contributed by atoms with Crippen molar-refractivity contribution in [2.45, 2.75) is 44.6 Å². The summed E-state index contributed by atoms with van der Waals surface area (Å²) in [5, 5.41) is 5.51. The monoisotopic (exact) mass is 304 g/mol. The van der Waals surface area contributed by atoms with Crippen molar-refractivity contribution in [1.29, 1.82) is 0 Å². The fourth-order valence-corrected chi connectivity index (χ4v) is 1.70. The SMILES string of the molecule is N.NCCCC(N)C(=O)NCCCCCC(=O)NCCN. The highest BCUT2D eigenvalue weighted by Crippen LogP contribution is 1.99. The highest BCUT2D eigenvalue weighted by Gasteiger charge is 2.11. The average molecular weight is 304 g/mol. The molecule has 0 aromatic carbocycles. The molecule has 1 unspecified atom stereocenters. The van der Waals surface area contributed by atoms with E-state index in [9.17, 15) is 9.59 Å². The topological polar surface area (TPSA) is 171 Å². The molecule has 2 amide bonds. The van der Waals surface area contributed by atoms with Crippen LogP contribution < -0.4 is 34.0 Å². The molecule has 0 radical (unpaired) electrons. The van der Waals surface area contributed by atoms with Gasteiger partial charge in [0.25, 0.3) is 0 Å². The normalized spacial score (nSPS) is 11.4. The third-order valence-electron chi connectivity index (χ3n) is 2.90. The van der Waals surface area contributed by atoms with Crippen molar-refractivity contribution in [2.75, 3.05) is 26.2 Å². The van der Waals surface area contributed by atoms with E-state index in [-0.39, 0.29) is 18.0 Å². The Morgan fingerprint density at radius 2 is 1.62 bits per heavy atom. The zero-order valence-corrected chi connectivity index (χ0v) is 12.9. The van der Waals surface area contributed by atoms with Crippen LogP contribution in [0.15, 0.2) is 0 Å². The maximum atomic E-state index is 11.6. The lowest BCUT2D eigenvalue weighted by molar-refractivity contribution is -0.123. The minimum Gasteiger partial charge on any atom is -0.355 e. The van der Waals surface area contributed by atoms with E-state index in [2.05, 4.69) is 10.6 Å². The molecule has 0 heterocycles. The maximum Gasteiger partial charge on any atom is 0.236 e. The molecule has 21 heavy (non-hydrogen) atoms. The molecule has 11 N–H and O–H groups in total. The molecule has 0 saturated carbocycles. The summed E-state index contributed by atoms with van der Waals surface area (Å²) in [4.78, 5) is 22.8. The fraction of sp³-hybridized carbons (Fsp3) is 0.846. The van der Waals surface area contributed by atoms with Crippen molar-refractivity contribution in [3.63, 3.8) is 0 Å². The van der Waals surface area contributed by atoms with Gasteiger partial charge in [-0.25, -0.2) is 0 Å². The lowest BCUT2D eigenvalue weighted by Gasteiger charge is -2.11. The van der Waals surface area contributed by atoms with E-state index in [1.165, 1.54) is 0 Å². The Morgan fingerprint density at radius 1 is 0.905 bits per heavy atom. The third-order valence-corrected chi connectivity index (χ3v) is 2.90. The minimum absolute atomic E-state index is 0. The number of nitrogens with two attached hydrogens (primary N) is 3. The van der Waals surface area contributed by atoms with Gasteiger partial charge in [-0.2, -0.15) is 0 Å². The smallest absolute Gasteiger partial charge is 0.236 e. The van der Waals surface area contributed by atoms with Gasteiger partial charge in [-0.3, -0.25) is 9.59 Å². The van der Waals surface area contributed by atoms with Gasteiger partial charge >= 0.3 is 0 Å². The summed E-state index contributed by atoms with van der Waals surface area (Å²) in [7, 11) is 0. The molecule has 0 saturated heterocycles. The van der Waals surface area contributed by atoms with Gasteiger partial charge in [0.15, 0.2) is 0 Å². The third kappa shape index (κ3) is 13.5.